The Bertz CT molecular complexity index is 2140. The number of primary amides is 1. The summed E-state index contributed by atoms with van der Waals surface area (Å²) in [6, 6.07) is 14.5. The maximum Gasteiger partial charge on any atom is 0.307 e. The zero-order chi connectivity index (χ0) is 44.8. The van der Waals surface area contributed by atoms with Crippen LogP contribution in [0.5, 0.6) is 0 Å². The van der Waals surface area contributed by atoms with Gasteiger partial charge in [0.25, 0.3) is 0 Å². The van der Waals surface area contributed by atoms with Gasteiger partial charge in [-0.15, -0.1) is 0 Å². The molecule has 61 heavy (non-hydrogen) atoms. The van der Waals surface area contributed by atoms with Crippen molar-refractivity contribution in [3.05, 3.63) is 83.6 Å². The van der Waals surface area contributed by atoms with Gasteiger partial charge in [0.2, 0.25) is 31.0 Å². The summed E-state index contributed by atoms with van der Waals surface area (Å²) in [5.74, 6) is -4.85. The third-order valence-electron chi connectivity index (χ3n) is 11.2. The minimum absolute atomic E-state index is 0.181. The largest absolute Gasteiger partial charge is 0.460 e. The molecule has 3 aromatic rings. The molecule has 2 aromatic carbocycles. The number of esters is 1. The fourth-order valence-corrected chi connectivity index (χ4v) is 10.7. The van der Waals surface area contributed by atoms with Crippen molar-refractivity contribution < 1.29 is 37.8 Å². The Labute approximate surface area is 360 Å². The Kier molecular flexibility index (Phi) is 15.2. The molecular weight excluding hydrogens is 794 g/mol. The molecule has 14 heteroatoms. The number of nitrogens with two attached hydrogens (primary N) is 1. The summed E-state index contributed by atoms with van der Waals surface area (Å²) in [7, 11) is -3.01. The third kappa shape index (κ3) is 13.6. The maximum atomic E-state index is 14.9. The standard InChI is InChI=1S/C47H66N5O8P/c1-31-15-20-39-35(25-31)21-24-52(39)29-33-13-12-14-36(34-18-16-32(17-19-34)30-61(8,58)60-46(5,6)7)37(26-41(54)59-45(2,3)4)42(55)51-47(22-10-9-11-23-47)44(57)50-38(27-40(48)53)43(56)49-28-33/h12,14-21,24-25,33,36-38H,9-11,13,22-23,26-30H2,1-8H3,(H2,48,53)(H,49,56)(H,50,57)(H,51,55)/b14-12+/t33-,36-,37+,38+,61?/m1/s1. The molecule has 0 bridgehead atoms. The number of amides is 4. The molecule has 1 aliphatic heterocycles. The molecule has 1 spiro atoms. The van der Waals surface area contributed by atoms with E-state index in [0.717, 1.165) is 34.0 Å². The molecule has 5 atom stereocenters. The number of aromatic nitrogens is 1. The van der Waals surface area contributed by atoms with E-state index in [9.17, 15) is 28.5 Å². The van der Waals surface area contributed by atoms with Crippen LogP contribution in [0.2, 0.25) is 0 Å². The minimum atomic E-state index is -3.01. The lowest BCUT2D eigenvalue weighted by molar-refractivity contribution is -0.157. The van der Waals surface area contributed by atoms with Gasteiger partial charge >= 0.3 is 5.97 Å². The van der Waals surface area contributed by atoms with Crippen LogP contribution >= 0.6 is 7.37 Å². The van der Waals surface area contributed by atoms with E-state index in [0.29, 0.717) is 38.6 Å². The van der Waals surface area contributed by atoms with E-state index in [1.54, 1.807) is 27.4 Å². The van der Waals surface area contributed by atoms with Gasteiger partial charge in [-0.1, -0.05) is 67.3 Å². The molecule has 5 N–H and O–H groups in total. The fraction of sp³-hybridized carbons (Fsp3) is 0.553. The molecule has 1 fully saturated rings. The first-order chi connectivity index (χ1) is 28.5. The molecular formula is C47H66N5O8P. The van der Waals surface area contributed by atoms with Crippen molar-refractivity contribution in [1.82, 2.24) is 20.5 Å². The number of fused-ring (bicyclic) bond motifs is 1. The summed E-state index contributed by atoms with van der Waals surface area (Å²) >= 11 is 0. The number of rotatable bonds is 10. The van der Waals surface area contributed by atoms with Gasteiger partial charge in [0.15, 0.2) is 0 Å². The first-order valence-corrected chi connectivity index (χ1v) is 23.8. The molecule has 2 aliphatic rings. The van der Waals surface area contributed by atoms with E-state index in [1.165, 1.54) is 0 Å². The lowest BCUT2D eigenvalue weighted by Crippen LogP contribution is -2.64. The van der Waals surface area contributed by atoms with E-state index in [-0.39, 0.29) is 25.0 Å². The van der Waals surface area contributed by atoms with Crippen LogP contribution in [-0.2, 0) is 50.5 Å². The summed E-state index contributed by atoms with van der Waals surface area (Å²) < 4.78 is 27.3. The zero-order valence-electron chi connectivity index (χ0n) is 37.2. The van der Waals surface area contributed by atoms with E-state index in [4.69, 9.17) is 15.0 Å². The summed E-state index contributed by atoms with van der Waals surface area (Å²) in [4.78, 5) is 69.3. The molecule has 13 nitrogen and oxygen atoms in total. The van der Waals surface area contributed by atoms with E-state index >= 15 is 0 Å². The molecule has 332 valence electrons. The topological polar surface area (TPSA) is 188 Å². The number of allylic oxidation sites excluding steroid dienone is 2. The predicted molar refractivity (Wildman–Crippen MR) is 238 cm³/mol. The average Bonchev–Trinajstić information content (AvgIpc) is 3.53. The van der Waals surface area contributed by atoms with E-state index in [1.807, 2.05) is 70.3 Å². The summed E-state index contributed by atoms with van der Waals surface area (Å²) in [5, 5.41) is 9.96. The first-order valence-electron chi connectivity index (χ1n) is 21.5. The lowest BCUT2D eigenvalue weighted by Gasteiger charge is -2.39. The summed E-state index contributed by atoms with van der Waals surface area (Å²) in [6.45, 7) is 15.3. The summed E-state index contributed by atoms with van der Waals surface area (Å²) in [5.41, 5.74) is 6.48. The van der Waals surface area contributed by atoms with Crippen molar-refractivity contribution >= 4 is 47.9 Å². The number of nitrogens with zero attached hydrogens (tertiary/aromatic N) is 1. The minimum Gasteiger partial charge on any atom is -0.460 e. The molecule has 1 aliphatic carbocycles. The van der Waals surface area contributed by atoms with Crippen LogP contribution in [0.15, 0.2) is 66.9 Å². The third-order valence-corrected chi connectivity index (χ3v) is 13.0. The highest BCUT2D eigenvalue weighted by Gasteiger charge is 2.45. The van der Waals surface area contributed by atoms with Gasteiger partial charge in [-0.25, -0.2) is 0 Å². The molecule has 1 aromatic heterocycles. The maximum absolute atomic E-state index is 14.9. The first kappa shape index (κ1) is 47.3. The smallest absolute Gasteiger partial charge is 0.307 e. The Morgan fingerprint density at radius 1 is 0.918 bits per heavy atom. The van der Waals surface area contributed by atoms with Crippen molar-refractivity contribution in [3.8, 4) is 0 Å². The molecule has 1 unspecified atom stereocenters. The molecule has 2 heterocycles. The van der Waals surface area contributed by atoms with E-state index < -0.39 is 78.0 Å². The summed E-state index contributed by atoms with van der Waals surface area (Å²) in [6.07, 6.45) is 8.60. The van der Waals surface area contributed by atoms with Gasteiger partial charge in [-0.05, 0) is 108 Å². The van der Waals surface area contributed by atoms with Gasteiger partial charge in [0.1, 0.15) is 17.2 Å². The van der Waals surface area contributed by atoms with Gasteiger partial charge < -0.3 is 35.5 Å². The quantitative estimate of drug-likeness (QED) is 0.0938. The molecule has 1 saturated carbocycles. The van der Waals surface area contributed by atoms with Crippen LogP contribution in [0.4, 0.5) is 0 Å². The molecule has 5 rings (SSSR count). The van der Waals surface area contributed by atoms with Crippen molar-refractivity contribution in [2.24, 2.45) is 17.6 Å². The Balaban J connectivity index is 1.61. The Morgan fingerprint density at radius 2 is 1.61 bits per heavy atom. The monoisotopic (exact) mass is 859 g/mol. The van der Waals surface area contributed by atoms with Crippen molar-refractivity contribution in [3.63, 3.8) is 0 Å². The molecule has 4 amide bonds. The second-order valence-electron chi connectivity index (χ2n) is 19.2. The van der Waals surface area contributed by atoms with Crippen molar-refractivity contribution in [2.75, 3.05) is 13.2 Å². The van der Waals surface area contributed by atoms with Crippen LogP contribution in [-0.4, -0.2) is 70.2 Å². The number of carbonyl (C=O) groups is 5. The zero-order valence-corrected chi connectivity index (χ0v) is 38.1. The van der Waals surface area contributed by atoms with Crippen LogP contribution in [0.25, 0.3) is 10.9 Å². The van der Waals surface area contributed by atoms with Crippen LogP contribution in [0.1, 0.15) is 116 Å². The number of hydrogen-bond acceptors (Lipinski definition) is 8. The van der Waals surface area contributed by atoms with Crippen LogP contribution < -0.4 is 21.7 Å². The number of benzene rings is 2. The number of aryl methyl sites for hydroxylation is 1. The van der Waals surface area contributed by atoms with Gasteiger partial charge in [-0.3, -0.25) is 28.5 Å². The van der Waals surface area contributed by atoms with Gasteiger partial charge in [0.05, 0.1) is 24.4 Å². The molecule has 0 radical (unpaired) electrons. The Morgan fingerprint density at radius 3 is 2.25 bits per heavy atom. The number of nitrogens with one attached hydrogen (secondary N) is 3. The lowest BCUT2D eigenvalue weighted by atomic mass is 9.78. The molecule has 0 saturated heterocycles. The number of ether oxygens (including phenoxy) is 1. The van der Waals surface area contributed by atoms with Crippen molar-refractivity contribution in [1.29, 1.82) is 0 Å². The highest BCUT2D eigenvalue weighted by atomic mass is 31.2. The van der Waals surface area contributed by atoms with Crippen LogP contribution in [0, 0.1) is 18.8 Å². The second kappa shape index (κ2) is 19.5. The number of hydrogen-bond donors (Lipinski definition) is 4. The van der Waals surface area contributed by atoms with Crippen LogP contribution in [0.3, 0.4) is 0 Å². The average molecular weight is 860 g/mol. The fourth-order valence-electron chi connectivity index (χ4n) is 8.58. The van der Waals surface area contributed by atoms with E-state index in [2.05, 4.69) is 44.8 Å². The Hall–Kier alpha value is -4.74. The normalized spacial score (nSPS) is 23.4. The SMILES string of the molecule is Cc1ccc2c(ccn2C[C@@H]2C/C=C/[C@H](c3ccc(CP(C)(=O)OC(C)(C)C)cc3)[C@H](CC(=O)OC(C)(C)C)C(=O)NC3(CCCCC3)C(=O)N[C@@H](CC(N)=O)C(=O)NC2)c1. The number of carbonyl (C=O) groups excluding carboxylic acids is 5. The highest BCUT2D eigenvalue weighted by Crippen LogP contribution is 2.50. The van der Waals surface area contributed by atoms with Gasteiger partial charge in [-0.2, -0.15) is 0 Å². The highest BCUT2D eigenvalue weighted by molar-refractivity contribution is 7.57. The van der Waals surface area contributed by atoms with Crippen molar-refractivity contribution in [2.45, 2.75) is 141 Å². The van der Waals surface area contributed by atoms with Gasteiger partial charge in [0, 0.05) is 43.5 Å². The second-order valence-corrected chi connectivity index (χ2v) is 21.7. The predicted octanol–water partition coefficient (Wildman–Crippen LogP) is 7.18.